The van der Waals surface area contributed by atoms with E-state index < -0.39 is 0 Å². The van der Waals surface area contributed by atoms with Crippen LogP contribution in [0.1, 0.15) is 18.9 Å². The molecule has 0 aliphatic carbocycles. The van der Waals surface area contributed by atoms with E-state index in [-0.39, 0.29) is 12.1 Å². The Kier molecular flexibility index (Phi) is 4.37. The van der Waals surface area contributed by atoms with Crippen molar-refractivity contribution in [2.24, 2.45) is 0 Å². The Morgan fingerprint density at radius 2 is 2.26 bits per heavy atom. The van der Waals surface area contributed by atoms with Crippen molar-refractivity contribution in [2.75, 3.05) is 25.0 Å². The minimum Gasteiger partial charge on any atom is -0.321 e. The lowest BCUT2D eigenvalue weighted by Gasteiger charge is -2.27. The van der Waals surface area contributed by atoms with Crippen LogP contribution in [0.4, 0.5) is 10.5 Å². The first kappa shape index (κ1) is 13.4. The number of hydrogen-bond acceptors (Lipinski definition) is 3. The number of hydrogen-bond donors (Lipinski definition) is 2. The number of nitrogens with zero attached hydrogens (tertiary/aromatic N) is 2. The Balaban J connectivity index is 2.00. The molecule has 0 radical (unpaired) electrons. The van der Waals surface area contributed by atoms with E-state index in [1.54, 1.807) is 24.3 Å². The molecule has 2 amide bonds. The average molecular weight is 258 g/mol. The fraction of sp³-hybridized carbons (Fsp3) is 0.429. The van der Waals surface area contributed by atoms with Crippen LogP contribution in [0.5, 0.6) is 0 Å². The van der Waals surface area contributed by atoms with Gasteiger partial charge in [-0.25, -0.2) is 4.79 Å². The van der Waals surface area contributed by atoms with E-state index >= 15 is 0 Å². The number of urea groups is 1. The monoisotopic (exact) mass is 258 g/mol. The van der Waals surface area contributed by atoms with Crippen molar-refractivity contribution in [2.45, 2.75) is 19.4 Å². The summed E-state index contributed by atoms with van der Waals surface area (Å²) in [5.41, 5.74) is 1.30. The number of nitrogens with one attached hydrogen (secondary N) is 2. The number of carbonyl (C=O) groups excluding carboxylic acids is 1. The molecule has 1 unspecified atom stereocenters. The van der Waals surface area contributed by atoms with Crippen molar-refractivity contribution in [3.05, 3.63) is 29.8 Å². The fourth-order valence-electron chi connectivity index (χ4n) is 2.30. The molecular formula is C14H18N4O. The smallest absolute Gasteiger partial charge is 0.321 e. The summed E-state index contributed by atoms with van der Waals surface area (Å²) >= 11 is 0. The van der Waals surface area contributed by atoms with Gasteiger partial charge in [0.15, 0.2) is 0 Å². The summed E-state index contributed by atoms with van der Waals surface area (Å²) in [6.45, 7) is 4.49. The highest BCUT2D eigenvalue weighted by molar-refractivity contribution is 5.89. The van der Waals surface area contributed by atoms with Gasteiger partial charge in [-0.3, -0.25) is 0 Å². The number of anilines is 1. The molecule has 2 rings (SSSR count). The number of amides is 2. The van der Waals surface area contributed by atoms with Crippen LogP contribution in [0, 0.1) is 11.3 Å². The van der Waals surface area contributed by atoms with E-state index in [0.29, 0.717) is 17.8 Å². The van der Waals surface area contributed by atoms with Gasteiger partial charge in [0, 0.05) is 24.8 Å². The highest BCUT2D eigenvalue weighted by Gasteiger charge is 2.25. The van der Waals surface area contributed by atoms with Gasteiger partial charge < -0.3 is 15.5 Å². The summed E-state index contributed by atoms with van der Waals surface area (Å²) < 4.78 is 0. The van der Waals surface area contributed by atoms with Crippen LogP contribution in [0.2, 0.25) is 0 Å². The maximum atomic E-state index is 12.2. The number of nitriles is 1. The van der Waals surface area contributed by atoms with E-state index in [1.165, 1.54) is 0 Å². The van der Waals surface area contributed by atoms with Crippen molar-refractivity contribution in [1.29, 1.82) is 5.26 Å². The van der Waals surface area contributed by atoms with E-state index in [1.807, 2.05) is 11.8 Å². The average Bonchev–Trinajstić information content (AvgIpc) is 2.94. The molecule has 1 fully saturated rings. The molecule has 1 atom stereocenters. The fourth-order valence-corrected chi connectivity index (χ4v) is 2.30. The molecule has 1 aromatic carbocycles. The van der Waals surface area contributed by atoms with Gasteiger partial charge in [-0.05, 0) is 44.2 Å². The van der Waals surface area contributed by atoms with Crippen LogP contribution in [-0.4, -0.2) is 36.6 Å². The molecule has 1 saturated heterocycles. The third-order valence-corrected chi connectivity index (χ3v) is 3.34. The minimum atomic E-state index is -0.0825. The molecule has 0 saturated carbocycles. The van der Waals surface area contributed by atoms with Crippen molar-refractivity contribution in [3.63, 3.8) is 0 Å². The summed E-state index contributed by atoms with van der Waals surface area (Å²) in [6, 6.07) is 9.13. The third kappa shape index (κ3) is 3.24. The zero-order valence-electron chi connectivity index (χ0n) is 11.0. The van der Waals surface area contributed by atoms with Crippen LogP contribution in [0.15, 0.2) is 24.3 Å². The third-order valence-electron chi connectivity index (χ3n) is 3.34. The summed E-state index contributed by atoms with van der Waals surface area (Å²) in [5.74, 6) is 0. The topological polar surface area (TPSA) is 68.2 Å². The van der Waals surface area contributed by atoms with E-state index in [0.717, 1.165) is 19.5 Å². The molecule has 5 heteroatoms. The van der Waals surface area contributed by atoms with Gasteiger partial charge >= 0.3 is 6.03 Å². The molecule has 1 aliphatic rings. The quantitative estimate of drug-likeness (QED) is 0.868. The zero-order valence-corrected chi connectivity index (χ0v) is 11.0. The standard InChI is InChI=1S/C14H18N4O/c1-2-18(13-7-8-16-10-13)14(19)17-12-5-3-11(9-15)4-6-12/h3-6,13,16H,2,7-8,10H2,1H3,(H,17,19). The summed E-state index contributed by atoms with van der Waals surface area (Å²) in [4.78, 5) is 14.1. The van der Waals surface area contributed by atoms with E-state index in [4.69, 9.17) is 5.26 Å². The molecule has 0 spiro atoms. The van der Waals surface area contributed by atoms with Crippen molar-refractivity contribution < 1.29 is 4.79 Å². The van der Waals surface area contributed by atoms with E-state index in [9.17, 15) is 4.79 Å². The molecule has 2 N–H and O–H groups in total. The van der Waals surface area contributed by atoms with Gasteiger partial charge in [0.05, 0.1) is 11.6 Å². The van der Waals surface area contributed by atoms with Crippen molar-refractivity contribution >= 4 is 11.7 Å². The Morgan fingerprint density at radius 3 is 2.79 bits per heavy atom. The van der Waals surface area contributed by atoms with Gasteiger partial charge in [-0.1, -0.05) is 0 Å². The Hall–Kier alpha value is -2.06. The van der Waals surface area contributed by atoms with Crippen LogP contribution in [0.25, 0.3) is 0 Å². The van der Waals surface area contributed by atoms with Gasteiger partial charge in [0.1, 0.15) is 0 Å². The maximum absolute atomic E-state index is 12.2. The van der Waals surface area contributed by atoms with E-state index in [2.05, 4.69) is 16.7 Å². The van der Waals surface area contributed by atoms with Gasteiger partial charge in [-0.2, -0.15) is 5.26 Å². The predicted octanol–water partition coefficient (Wildman–Crippen LogP) is 1.77. The predicted molar refractivity (Wildman–Crippen MR) is 73.8 cm³/mol. The van der Waals surface area contributed by atoms with Crippen LogP contribution in [0.3, 0.4) is 0 Å². The Labute approximate surface area is 113 Å². The molecule has 1 heterocycles. The second-order valence-corrected chi connectivity index (χ2v) is 4.55. The number of likely N-dealkylation sites (N-methyl/N-ethyl adjacent to an activating group) is 1. The molecule has 19 heavy (non-hydrogen) atoms. The summed E-state index contributed by atoms with van der Waals surface area (Å²) in [5, 5.41) is 14.9. The van der Waals surface area contributed by atoms with Crippen molar-refractivity contribution in [1.82, 2.24) is 10.2 Å². The van der Waals surface area contributed by atoms with Crippen LogP contribution in [-0.2, 0) is 0 Å². The molecule has 0 bridgehead atoms. The number of rotatable bonds is 3. The minimum absolute atomic E-state index is 0.0825. The molecule has 1 aromatic rings. The normalized spacial score (nSPS) is 17.8. The molecule has 0 aromatic heterocycles. The SMILES string of the molecule is CCN(C(=O)Nc1ccc(C#N)cc1)C1CCNC1. The first-order valence-corrected chi connectivity index (χ1v) is 6.53. The zero-order chi connectivity index (χ0) is 13.7. The first-order valence-electron chi connectivity index (χ1n) is 6.53. The summed E-state index contributed by atoms with van der Waals surface area (Å²) in [6.07, 6.45) is 0.995. The van der Waals surface area contributed by atoms with Gasteiger partial charge in [0.2, 0.25) is 0 Å². The van der Waals surface area contributed by atoms with Gasteiger partial charge in [0.25, 0.3) is 0 Å². The number of carbonyl (C=O) groups is 1. The molecule has 100 valence electrons. The van der Waals surface area contributed by atoms with Crippen molar-refractivity contribution in [3.8, 4) is 6.07 Å². The first-order chi connectivity index (χ1) is 9.24. The lowest BCUT2D eigenvalue weighted by Crippen LogP contribution is -2.43. The highest BCUT2D eigenvalue weighted by Crippen LogP contribution is 2.13. The largest absolute Gasteiger partial charge is 0.322 e. The lowest BCUT2D eigenvalue weighted by molar-refractivity contribution is 0.196. The van der Waals surface area contributed by atoms with Crippen LogP contribution < -0.4 is 10.6 Å². The maximum Gasteiger partial charge on any atom is 0.322 e. The highest BCUT2D eigenvalue weighted by atomic mass is 16.2. The van der Waals surface area contributed by atoms with Gasteiger partial charge in [-0.15, -0.1) is 0 Å². The molecular weight excluding hydrogens is 240 g/mol. The molecule has 1 aliphatic heterocycles. The Morgan fingerprint density at radius 1 is 1.53 bits per heavy atom. The summed E-state index contributed by atoms with van der Waals surface area (Å²) in [7, 11) is 0. The Bertz CT molecular complexity index is 471. The second kappa shape index (κ2) is 6.21. The number of benzene rings is 1. The lowest BCUT2D eigenvalue weighted by atomic mass is 10.2. The van der Waals surface area contributed by atoms with Crippen LogP contribution >= 0.6 is 0 Å². The molecule has 5 nitrogen and oxygen atoms in total. The second-order valence-electron chi connectivity index (χ2n) is 4.55.